The third-order valence-electron chi connectivity index (χ3n) is 7.23. The molecule has 182 valence electrons. The highest BCUT2D eigenvalue weighted by Gasteiger charge is 2.42. The molecule has 0 saturated heterocycles. The van der Waals surface area contributed by atoms with E-state index in [4.69, 9.17) is 14.2 Å². The van der Waals surface area contributed by atoms with Gasteiger partial charge in [0.2, 0.25) is 11.7 Å². The molecule has 5 rings (SSSR count). The lowest BCUT2D eigenvalue weighted by atomic mass is 9.77. The van der Waals surface area contributed by atoms with Crippen LogP contribution in [0.25, 0.3) is 0 Å². The number of ether oxygens (including phenoxy) is 3. The second kappa shape index (κ2) is 9.38. The number of thiophene rings is 1. The molecule has 7 nitrogen and oxygen atoms in total. The highest BCUT2D eigenvalue weighted by Crippen LogP contribution is 2.50. The molecule has 2 heterocycles. The van der Waals surface area contributed by atoms with Gasteiger partial charge in [-0.25, -0.2) is 0 Å². The maximum atomic E-state index is 13.7. The molecule has 2 aliphatic carbocycles. The Morgan fingerprint density at radius 1 is 0.971 bits per heavy atom. The summed E-state index contributed by atoms with van der Waals surface area (Å²) in [5, 5.41) is 10.7. The topological polar surface area (TPSA) is 88.9 Å². The van der Waals surface area contributed by atoms with Crippen LogP contribution in [0.3, 0.4) is 0 Å². The zero-order valence-corrected chi connectivity index (χ0v) is 21.0. The smallest absolute Gasteiger partial charge is 0.232 e. The standard InChI is InChI=1S/C27H28N2O5S/c1-32-21-11-15(12-22(33-2)26(21)34-3)17-13-24(31)29(19-8-6-9-20(30)25(17)19)27-18(14-28)16-7-4-5-10-23(16)35-27/h11-12,17H,4-10,13H2,1-3H3/t17-/m1/s1. The molecule has 0 saturated carbocycles. The summed E-state index contributed by atoms with van der Waals surface area (Å²) in [6.07, 6.45) is 5.87. The molecule has 1 amide bonds. The zero-order valence-electron chi connectivity index (χ0n) is 20.2. The number of Topliss-reactive ketones (excluding diaryl/α,β-unsaturated/α-hetero) is 1. The van der Waals surface area contributed by atoms with E-state index in [-0.39, 0.29) is 18.1 Å². The molecule has 1 atom stereocenters. The summed E-state index contributed by atoms with van der Waals surface area (Å²) in [5.74, 6) is 0.999. The van der Waals surface area contributed by atoms with Gasteiger partial charge in [0.05, 0.1) is 26.9 Å². The Kier molecular flexibility index (Phi) is 6.28. The normalized spacial score (nSPS) is 19.7. The number of carbonyl (C=O) groups excluding carboxylic acids is 2. The summed E-state index contributed by atoms with van der Waals surface area (Å²) in [6.45, 7) is 0. The van der Waals surface area contributed by atoms with Crippen molar-refractivity contribution in [3.05, 3.63) is 45.0 Å². The predicted octanol–water partition coefficient (Wildman–Crippen LogP) is 5.05. The number of benzene rings is 1. The van der Waals surface area contributed by atoms with Crippen LogP contribution >= 0.6 is 11.3 Å². The number of anilines is 1. The number of ketones is 1. The fourth-order valence-electron chi connectivity index (χ4n) is 5.64. The average molecular weight is 493 g/mol. The fourth-order valence-corrected chi connectivity index (χ4v) is 7.02. The second-order valence-corrected chi connectivity index (χ2v) is 10.2. The van der Waals surface area contributed by atoms with Crippen LogP contribution in [0.15, 0.2) is 23.4 Å². The summed E-state index contributed by atoms with van der Waals surface area (Å²) < 4.78 is 16.5. The van der Waals surface area contributed by atoms with Crippen LogP contribution in [0.2, 0.25) is 0 Å². The van der Waals surface area contributed by atoms with E-state index in [2.05, 4.69) is 6.07 Å². The molecule has 0 unspecified atom stereocenters. The van der Waals surface area contributed by atoms with Crippen molar-refractivity contribution < 1.29 is 23.8 Å². The average Bonchev–Trinajstić information content (AvgIpc) is 3.25. The Bertz CT molecular complexity index is 1260. The third-order valence-corrected chi connectivity index (χ3v) is 8.51. The summed E-state index contributed by atoms with van der Waals surface area (Å²) in [4.78, 5) is 30.0. The molecule has 2 aromatic rings. The van der Waals surface area contributed by atoms with Crippen LogP contribution < -0.4 is 19.1 Å². The van der Waals surface area contributed by atoms with Crippen molar-refractivity contribution in [2.75, 3.05) is 26.2 Å². The molecular formula is C27H28N2O5S. The van der Waals surface area contributed by atoms with Crippen LogP contribution in [0.5, 0.6) is 17.2 Å². The molecule has 0 radical (unpaired) electrons. The first-order valence-corrected chi connectivity index (χ1v) is 12.8. The van der Waals surface area contributed by atoms with E-state index in [0.29, 0.717) is 52.6 Å². The van der Waals surface area contributed by atoms with E-state index in [1.54, 1.807) is 37.6 Å². The first kappa shape index (κ1) is 23.4. The van der Waals surface area contributed by atoms with Gasteiger partial charge < -0.3 is 14.2 Å². The molecule has 1 aliphatic heterocycles. The largest absolute Gasteiger partial charge is 0.493 e. The number of nitrogens with zero attached hydrogens (tertiary/aromatic N) is 2. The number of carbonyl (C=O) groups is 2. The number of aryl methyl sites for hydroxylation is 1. The van der Waals surface area contributed by atoms with Crippen molar-refractivity contribution in [1.82, 2.24) is 0 Å². The number of methoxy groups -OCH3 is 3. The van der Waals surface area contributed by atoms with Crippen LogP contribution in [0.4, 0.5) is 5.00 Å². The number of hydrogen-bond donors (Lipinski definition) is 0. The second-order valence-electron chi connectivity index (χ2n) is 9.08. The molecule has 0 bridgehead atoms. The molecule has 3 aliphatic rings. The maximum absolute atomic E-state index is 13.7. The minimum atomic E-state index is -0.407. The minimum Gasteiger partial charge on any atom is -0.493 e. The van der Waals surface area contributed by atoms with Gasteiger partial charge in [0.1, 0.15) is 11.1 Å². The molecule has 0 fully saturated rings. The first-order valence-electron chi connectivity index (χ1n) is 12.0. The zero-order chi connectivity index (χ0) is 24.7. The third kappa shape index (κ3) is 3.79. The van der Waals surface area contributed by atoms with E-state index in [9.17, 15) is 14.9 Å². The van der Waals surface area contributed by atoms with Gasteiger partial charge in [-0.1, -0.05) is 0 Å². The highest BCUT2D eigenvalue weighted by atomic mass is 32.1. The van der Waals surface area contributed by atoms with Crippen LogP contribution in [-0.4, -0.2) is 33.0 Å². The van der Waals surface area contributed by atoms with E-state index in [1.165, 1.54) is 4.88 Å². The molecule has 35 heavy (non-hydrogen) atoms. The molecule has 0 spiro atoms. The van der Waals surface area contributed by atoms with Crippen LogP contribution in [-0.2, 0) is 22.4 Å². The lowest BCUT2D eigenvalue weighted by Crippen LogP contribution is -2.40. The first-order chi connectivity index (χ1) is 17.0. The fraction of sp³-hybridized carbons (Fsp3) is 0.444. The molecule has 8 heteroatoms. The number of allylic oxidation sites excluding steroid dienone is 2. The van der Waals surface area contributed by atoms with Gasteiger partial charge in [-0.15, -0.1) is 11.3 Å². The molecule has 1 aromatic heterocycles. The van der Waals surface area contributed by atoms with Gasteiger partial charge in [0.25, 0.3) is 0 Å². The van der Waals surface area contributed by atoms with Gasteiger partial charge in [0, 0.05) is 34.9 Å². The van der Waals surface area contributed by atoms with Crippen molar-refractivity contribution in [3.8, 4) is 23.3 Å². The van der Waals surface area contributed by atoms with Crippen molar-refractivity contribution in [2.24, 2.45) is 0 Å². The van der Waals surface area contributed by atoms with Crippen molar-refractivity contribution in [1.29, 1.82) is 5.26 Å². The summed E-state index contributed by atoms with van der Waals surface area (Å²) in [5.41, 5.74) is 3.88. The number of nitriles is 1. The van der Waals surface area contributed by atoms with Gasteiger partial charge in [0.15, 0.2) is 17.3 Å². The number of fused-ring (bicyclic) bond motifs is 1. The predicted molar refractivity (Wildman–Crippen MR) is 133 cm³/mol. The molecule has 1 aromatic carbocycles. The summed E-state index contributed by atoms with van der Waals surface area (Å²) in [6, 6.07) is 6.03. The van der Waals surface area contributed by atoms with Crippen molar-refractivity contribution in [2.45, 2.75) is 57.3 Å². The summed E-state index contributed by atoms with van der Waals surface area (Å²) in [7, 11) is 4.64. The Labute approximate surface area is 208 Å². The highest BCUT2D eigenvalue weighted by molar-refractivity contribution is 7.16. The maximum Gasteiger partial charge on any atom is 0.232 e. The quantitative estimate of drug-likeness (QED) is 0.580. The lowest BCUT2D eigenvalue weighted by Gasteiger charge is -2.38. The van der Waals surface area contributed by atoms with Gasteiger partial charge >= 0.3 is 0 Å². The van der Waals surface area contributed by atoms with Gasteiger partial charge in [-0.3, -0.25) is 14.5 Å². The Hall–Kier alpha value is -3.31. The minimum absolute atomic E-state index is 0.0577. The van der Waals surface area contributed by atoms with E-state index in [1.807, 2.05) is 12.1 Å². The Balaban J connectivity index is 1.67. The Morgan fingerprint density at radius 3 is 2.34 bits per heavy atom. The van der Waals surface area contributed by atoms with Gasteiger partial charge in [-0.2, -0.15) is 5.26 Å². The van der Waals surface area contributed by atoms with E-state index < -0.39 is 5.92 Å². The van der Waals surface area contributed by atoms with Gasteiger partial charge in [-0.05, 0) is 61.8 Å². The van der Waals surface area contributed by atoms with Crippen LogP contribution in [0.1, 0.15) is 66.0 Å². The molecule has 0 N–H and O–H groups in total. The number of hydrogen-bond acceptors (Lipinski definition) is 7. The van der Waals surface area contributed by atoms with Crippen LogP contribution in [0, 0.1) is 11.3 Å². The van der Waals surface area contributed by atoms with E-state index in [0.717, 1.165) is 42.5 Å². The lowest BCUT2D eigenvalue weighted by molar-refractivity contribution is -0.119. The van der Waals surface area contributed by atoms with E-state index >= 15 is 0 Å². The number of rotatable bonds is 5. The van der Waals surface area contributed by atoms with Crippen molar-refractivity contribution in [3.63, 3.8) is 0 Å². The molecular weight excluding hydrogens is 464 g/mol. The van der Waals surface area contributed by atoms with Crippen molar-refractivity contribution >= 4 is 28.0 Å². The monoisotopic (exact) mass is 492 g/mol. The Morgan fingerprint density at radius 2 is 1.69 bits per heavy atom. The SMILES string of the molecule is COc1cc([C@H]2CC(=O)N(c3sc4c(c3C#N)CCCC4)C3=C2C(=O)CCC3)cc(OC)c1OC. The summed E-state index contributed by atoms with van der Waals surface area (Å²) >= 11 is 1.55. The number of amides is 1.